The third-order valence-corrected chi connectivity index (χ3v) is 3.55. The van der Waals surface area contributed by atoms with Crippen LogP contribution in [0.2, 0.25) is 0 Å². The zero-order chi connectivity index (χ0) is 14.4. The van der Waals surface area contributed by atoms with Crippen molar-refractivity contribution in [3.05, 3.63) is 12.2 Å². The van der Waals surface area contributed by atoms with Crippen LogP contribution in [-0.4, -0.2) is 0 Å². The van der Waals surface area contributed by atoms with E-state index >= 15 is 0 Å². The molecule has 0 amide bonds. The maximum Gasteiger partial charge on any atom is 0.0725 e. The fourth-order valence-corrected chi connectivity index (χ4v) is 2.16. The molecule has 0 aliphatic heterocycles. The summed E-state index contributed by atoms with van der Waals surface area (Å²) in [6, 6.07) is 2.29. The molecule has 0 aliphatic carbocycles. The molecule has 19 heavy (non-hydrogen) atoms. The summed E-state index contributed by atoms with van der Waals surface area (Å²) in [5.41, 5.74) is -0.293. The van der Waals surface area contributed by atoms with Gasteiger partial charge in [-0.3, -0.25) is 0 Å². The summed E-state index contributed by atoms with van der Waals surface area (Å²) in [6.45, 7) is 6.19. The first-order valence-electron chi connectivity index (χ1n) is 8.21. The minimum Gasteiger partial charge on any atom is -0.197 e. The molecule has 0 saturated heterocycles. The first kappa shape index (κ1) is 18.2. The van der Waals surface area contributed by atoms with Crippen LogP contribution in [0.4, 0.5) is 0 Å². The zero-order valence-corrected chi connectivity index (χ0v) is 13.4. The third kappa shape index (κ3) is 13.5. The highest BCUT2D eigenvalue weighted by molar-refractivity contribution is 5.07. The van der Waals surface area contributed by atoms with Gasteiger partial charge in [0.1, 0.15) is 0 Å². The molecule has 1 heteroatoms. The second-order valence-corrected chi connectivity index (χ2v) is 6.21. The summed E-state index contributed by atoms with van der Waals surface area (Å²) in [7, 11) is 0. The van der Waals surface area contributed by atoms with E-state index in [2.05, 4.69) is 19.1 Å². The zero-order valence-electron chi connectivity index (χ0n) is 13.4. The Kier molecular flexibility index (Phi) is 11.8. The Hall–Kier alpha value is -0.770. The van der Waals surface area contributed by atoms with Crippen molar-refractivity contribution in [1.82, 2.24) is 0 Å². The molecule has 0 unspecified atom stereocenters. The van der Waals surface area contributed by atoms with Crippen LogP contribution in [0.1, 0.15) is 91.4 Å². The molecule has 0 aliphatic rings. The predicted octanol–water partition coefficient (Wildman–Crippen LogP) is 6.40. The molecule has 0 bridgehead atoms. The van der Waals surface area contributed by atoms with E-state index in [0.717, 1.165) is 6.42 Å². The van der Waals surface area contributed by atoms with Gasteiger partial charge in [0.2, 0.25) is 0 Å². The van der Waals surface area contributed by atoms with Crippen LogP contribution in [-0.2, 0) is 0 Å². The molecule has 0 spiro atoms. The minimum absolute atomic E-state index is 0.293. The number of rotatable bonds is 12. The number of allylic oxidation sites excluding steroid dienone is 2. The van der Waals surface area contributed by atoms with Crippen molar-refractivity contribution in [3.8, 4) is 6.07 Å². The fraction of sp³-hybridized carbons (Fsp3) is 0.833. The highest BCUT2D eigenvalue weighted by Gasteiger charge is 2.09. The van der Waals surface area contributed by atoms with Gasteiger partial charge >= 0.3 is 0 Å². The summed E-state index contributed by atoms with van der Waals surface area (Å²) in [5, 5.41) is 8.87. The molecule has 0 aromatic carbocycles. The molecule has 0 N–H and O–H groups in total. The lowest BCUT2D eigenvalue weighted by Gasteiger charge is -2.07. The Morgan fingerprint density at radius 3 is 1.79 bits per heavy atom. The fourth-order valence-electron chi connectivity index (χ4n) is 2.16. The maximum atomic E-state index is 8.87. The largest absolute Gasteiger partial charge is 0.197 e. The van der Waals surface area contributed by atoms with Crippen LogP contribution < -0.4 is 0 Å². The lowest BCUT2D eigenvalue weighted by atomic mass is 9.95. The van der Waals surface area contributed by atoms with Crippen molar-refractivity contribution in [2.24, 2.45) is 5.41 Å². The number of hydrogen-bond acceptors (Lipinski definition) is 1. The molecule has 0 atom stereocenters. The Balaban J connectivity index is 3.22. The Morgan fingerprint density at radius 1 is 0.842 bits per heavy atom. The molecule has 0 radical (unpaired) electrons. The van der Waals surface area contributed by atoms with Gasteiger partial charge in [-0.1, -0.05) is 76.9 Å². The standard InChI is InChI=1S/C18H33N/c1-4-5-6-7-8-9-10-11-12-13-14-15-16-18(2,3)17-19/h15-16H,4-14H2,1-3H3. The third-order valence-electron chi connectivity index (χ3n) is 3.55. The van der Waals surface area contributed by atoms with Crippen LogP contribution >= 0.6 is 0 Å². The van der Waals surface area contributed by atoms with Crippen LogP contribution in [0.5, 0.6) is 0 Å². The molecule has 110 valence electrons. The topological polar surface area (TPSA) is 23.8 Å². The van der Waals surface area contributed by atoms with Gasteiger partial charge in [0, 0.05) is 0 Å². The second kappa shape index (κ2) is 12.3. The van der Waals surface area contributed by atoms with Gasteiger partial charge in [-0.2, -0.15) is 5.26 Å². The van der Waals surface area contributed by atoms with Crippen LogP contribution in [0.25, 0.3) is 0 Å². The van der Waals surface area contributed by atoms with Crippen molar-refractivity contribution in [1.29, 1.82) is 5.26 Å². The number of nitrogens with zero attached hydrogens (tertiary/aromatic N) is 1. The van der Waals surface area contributed by atoms with Gasteiger partial charge in [-0.05, 0) is 26.7 Å². The molecule has 0 fully saturated rings. The quantitative estimate of drug-likeness (QED) is 0.295. The van der Waals surface area contributed by atoms with E-state index in [1.165, 1.54) is 64.2 Å². The summed E-state index contributed by atoms with van der Waals surface area (Å²) in [5.74, 6) is 0. The average molecular weight is 263 g/mol. The lowest BCUT2D eigenvalue weighted by Crippen LogP contribution is -2.01. The molecule has 0 rings (SSSR count). The number of unbranched alkanes of at least 4 members (excludes halogenated alkanes) is 10. The summed E-state index contributed by atoms with van der Waals surface area (Å²) < 4.78 is 0. The highest BCUT2D eigenvalue weighted by Crippen LogP contribution is 2.16. The Morgan fingerprint density at radius 2 is 1.32 bits per heavy atom. The minimum atomic E-state index is -0.293. The van der Waals surface area contributed by atoms with E-state index < -0.39 is 0 Å². The van der Waals surface area contributed by atoms with Gasteiger partial charge in [0.05, 0.1) is 11.5 Å². The van der Waals surface area contributed by atoms with E-state index in [1.54, 1.807) is 0 Å². The van der Waals surface area contributed by atoms with Crippen molar-refractivity contribution in [2.45, 2.75) is 91.4 Å². The average Bonchev–Trinajstić information content (AvgIpc) is 2.40. The second-order valence-electron chi connectivity index (χ2n) is 6.21. The maximum absolute atomic E-state index is 8.87. The highest BCUT2D eigenvalue weighted by atomic mass is 14.3. The Labute approximate surface area is 121 Å². The van der Waals surface area contributed by atoms with Crippen molar-refractivity contribution in [2.75, 3.05) is 0 Å². The van der Waals surface area contributed by atoms with Gasteiger partial charge in [-0.15, -0.1) is 0 Å². The first-order chi connectivity index (χ1) is 9.12. The molecule has 0 heterocycles. The van der Waals surface area contributed by atoms with Gasteiger partial charge < -0.3 is 0 Å². The number of nitriles is 1. The van der Waals surface area contributed by atoms with E-state index in [1.807, 2.05) is 19.9 Å². The normalized spacial score (nSPS) is 11.9. The molecule has 0 saturated carbocycles. The van der Waals surface area contributed by atoms with Gasteiger partial charge in [-0.25, -0.2) is 0 Å². The summed E-state index contributed by atoms with van der Waals surface area (Å²) >= 11 is 0. The summed E-state index contributed by atoms with van der Waals surface area (Å²) in [6.07, 6.45) is 19.2. The summed E-state index contributed by atoms with van der Waals surface area (Å²) in [4.78, 5) is 0. The monoisotopic (exact) mass is 263 g/mol. The van der Waals surface area contributed by atoms with E-state index in [-0.39, 0.29) is 5.41 Å². The van der Waals surface area contributed by atoms with Crippen LogP contribution in [0.15, 0.2) is 12.2 Å². The molecular formula is C18H33N. The van der Waals surface area contributed by atoms with Crippen molar-refractivity contribution >= 4 is 0 Å². The van der Waals surface area contributed by atoms with Gasteiger partial charge in [0.15, 0.2) is 0 Å². The van der Waals surface area contributed by atoms with E-state index in [0.29, 0.717) is 0 Å². The SMILES string of the molecule is CCCCCCCCCCCCC=CC(C)(C)C#N. The van der Waals surface area contributed by atoms with E-state index in [9.17, 15) is 0 Å². The Bertz CT molecular complexity index is 257. The molecule has 0 aromatic rings. The van der Waals surface area contributed by atoms with Crippen molar-refractivity contribution < 1.29 is 0 Å². The molecular weight excluding hydrogens is 230 g/mol. The van der Waals surface area contributed by atoms with Crippen molar-refractivity contribution in [3.63, 3.8) is 0 Å². The predicted molar refractivity (Wildman–Crippen MR) is 85.0 cm³/mol. The van der Waals surface area contributed by atoms with E-state index in [4.69, 9.17) is 5.26 Å². The number of hydrogen-bond donors (Lipinski definition) is 0. The molecule has 1 nitrogen and oxygen atoms in total. The van der Waals surface area contributed by atoms with Crippen LogP contribution in [0.3, 0.4) is 0 Å². The first-order valence-corrected chi connectivity index (χ1v) is 8.21. The molecule has 0 aromatic heterocycles. The van der Waals surface area contributed by atoms with Crippen LogP contribution in [0, 0.1) is 16.7 Å². The van der Waals surface area contributed by atoms with Gasteiger partial charge in [0.25, 0.3) is 0 Å². The smallest absolute Gasteiger partial charge is 0.0725 e. The lowest BCUT2D eigenvalue weighted by molar-refractivity contribution is 0.557.